The number of aliphatic hydroxyl groups excluding tert-OH is 1. The third-order valence-electron chi connectivity index (χ3n) is 6.32. The smallest absolute Gasteiger partial charge is 0.261 e. The van der Waals surface area contributed by atoms with Crippen molar-refractivity contribution >= 4 is 22.4 Å². The fourth-order valence-corrected chi connectivity index (χ4v) is 4.27. The lowest BCUT2D eigenvalue weighted by Gasteiger charge is -2.37. The van der Waals surface area contributed by atoms with Crippen molar-refractivity contribution in [1.29, 1.82) is 0 Å². The molecule has 156 valence electrons. The zero-order chi connectivity index (χ0) is 20.5. The number of rotatable bonds is 5. The van der Waals surface area contributed by atoms with Gasteiger partial charge in [0.05, 0.1) is 30.4 Å². The zero-order valence-electron chi connectivity index (χ0n) is 16.9. The number of fused-ring (bicyclic) bond motifs is 1. The minimum atomic E-state index is -0.114. The number of hydrogen-bond acceptors (Lipinski definition) is 7. The van der Waals surface area contributed by atoms with Crippen LogP contribution >= 0.6 is 0 Å². The Bertz CT molecular complexity index is 1100. The molecule has 0 unspecified atom stereocenters. The summed E-state index contributed by atoms with van der Waals surface area (Å²) in [5.41, 5.74) is 2.83. The van der Waals surface area contributed by atoms with Gasteiger partial charge in [0.2, 0.25) is 0 Å². The molecular weight excluding hydrogens is 380 g/mol. The predicted molar refractivity (Wildman–Crippen MR) is 116 cm³/mol. The Morgan fingerprint density at radius 1 is 1.00 bits per heavy atom. The summed E-state index contributed by atoms with van der Waals surface area (Å²) in [5, 5.41) is 9.67. The van der Waals surface area contributed by atoms with Gasteiger partial charge in [-0.05, 0) is 31.0 Å². The van der Waals surface area contributed by atoms with Crippen LogP contribution in [0.5, 0.6) is 0 Å². The highest BCUT2D eigenvalue weighted by molar-refractivity contribution is 5.81. The number of aliphatic hydroxyl groups is 1. The summed E-state index contributed by atoms with van der Waals surface area (Å²) in [6.45, 7) is 3.74. The highest BCUT2D eigenvalue weighted by Crippen LogP contribution is 2.36. The average Bonchev–Trinajstić information content (AvgIpc) is 2.75. The third-order valence-corrected chi connectivity index (χ3v) is 6.32. The highest BCUT2D eigenvalue weighted by atomic mass is 16.3. The molecule has 1 saturated heterocycles. The van der Waals surface area contributed by atoms with E-state index in [0.717, 1.165) is 37.7 Å². The van der Waals surface area contributed by atoms with Gasteiger partial charge in [-0.1, -0.05) is 6.42 Å². The molecule has 5 rings (SSSR count). The van der Waals surface area contributed by atoms with Crippen LogP contribution < -0.4 is 15.4 Å². The fourth-order valence-electron chi connectivity index (χ4n) is 4.27. The largest absolute Gasteiger partial charge is 0.395 e. The van der Waals surface area contributed by atoms with Crippen molar-refractivity contribution < 1.29 is 5.11 Å². The molecule has 0 bridgehead atoms. The summed E-state index contributed by atoms with van der Waals surface area (Å²) in [6, 6.07) is 7.98. The van der Waals surface area contributed by atoms with Gasteiger partial charge in [0.25, 0.3) is 5.56 Å². The minimum Gasteiger partial charge on any atom is -0.395 e. The van der Waals surface area contributed by atoms with Crippen LogP contribution in [0, 0.1) is 0 Å². The molecule has 30 heavy (non-hydrogen) atoms. The topological polar surface area (TPSA) is 87.4 Å². The normalized spacial score (nSPS) is 17.4. The molecule has 3 heterocycles. The van der Waals surface area contributed by atoms with E-state index < -0.39 is 0 Å². The second kappa shape index (κ2) is 8.02. The minimum absolute atomic E-state index is 0.0794. The SMILES string of the molecule is O=c1c2ccc(N3CCN(c4cc(C5CCC5)ncn4)CC3)cc2ncn1CCO. The zero-order valence-corrected chi connectivity index (χ0v) is 16.9. The molecule has 0 amide bonds. The maximum absolute atomic E-state index is 12.5. The highest BCUT2D eigenvalue weighted by Gasteiger charge is 2.23. The molecule has 0 spiro atoms. The van der Waals surface area contributed by atoms with Crippen LogP contribution in [0.4, 0.5) is 11.5 Å². The van der Waals surface area contributed by atoms with Gasteiger partial charge >= 0.3 is 0 Å². The first-order valence-corrected chi connectivity index (χ1v) is 10.6. The van der Waals surface area contributed by atoms with Crippen LogP contribution in [0.25, 0.3) is 10.9 Å². The van der Waals surface area contributed by atoms with Gasteiger partial charge in [0, 0.05) is 49.5 Å². The van der Waals surface area contributed by atoms with Gasteiger partial charge in [-0.2, -0.15) is 0 Å². The van der Waals surface area contributed by atoms with Crippen LogP contribution in [-0.4, -0.2) is 57.4 Å². The number of nitrogens with zero attached hydrogens (tertiary/aromatic N) is 6. The monoisotopic (exact) mass is 406 g/mol. The summed E-state index contributed by atoms with van der Waals surface area (Å²) in [6.07, 6.45) is 7.00. The molecule has 3 aromatic rings. The molecule has 0 radical (unpaired) electrons. The van der Waals surface area contributed by atoms with E-state index in [9.17, 15) is 4.79 Å². The van der Waals surface area contributed by atoms with Crippen LogP contribution in [0.3, 0.4) is 0 Å². The molecule has 1 saturated carbocycles. The maximum atomic E-state index is 12.5. The molecule has 2 aliphatic rings. The van der Waals surface area contributed by atoms with E-state index in [4.69, 9.17) is 5.11 Å². The van der Waals surface area contributed by atoms with E-state index >= 15 is 0 Å². The number of benzene rings is 1. The molecule has 1 aliphatic heterocycles. The second-order valence-electron chi connectivity index (χ2n) is 8.07. The first-order valence-electron chi connectivity index (χ1n) is 10.6. The van der Waals surface area contributed by atoms with E-state index in [-0.39, 0.29) is 18.7 Å². The third kappa shape index (κ3) is 3.52. The Kier molecular flexibility index (Phi) is 5.08. The van der Waals surface area contributed by atoms with Gasteiger partial charge in [-0.3, -0.25) is 9.36 Å². The van der Waals surface area contributed by atoms with E-state index in [1.165, 1.54) is 35.9 Å². The molecule has 1 aromatic carbocycles. The van der Waals surface area contributed by atoms with Crippen LogP contribution in [0.2, 0.25) is 0 Å². The predicted octanol–water partition coefficient (Wildman–Crippen LogP) is 1.77. The fraction of sp³-hybridized carbons (Fsp3) is 0.455. The number of aromatic nitrogens is 4. The van der Waals surface area contributed by atoms with Crippen molar-refractivity contribution in [1.82, 2.24) is 19.5 Å². The van der Waals surface area contributed by atoms with E-state index in [2.05, 4.69) is 30.8 Å². The summed E-state index contributed by atoms with van der Waals surface area (Å²) in [7, 11) is 0. The Hall–Kier alpha value is -3.00. The Morgan fingerprint density at radius 2 is 1.80 bits per heavy atom. The molecule has 0 atom stereocenters. The standard InChI is InChI=1S/C22H26N6O2/c29-11-10-28-15-25-20-12-17(4-5-18(20)22(28)30)26-6-8-27(9-7-26)21-13-19(23-14-24-21)16-2-1-3-16/h4-5,12-16,29H,1-3,6-11H2. The van der Waals surface area contributed by atoms with Gasteiger partial charge in [0.15, 0.2) is 0 Å². The van der Waals surface area contributed by atoms with Gasteiger partial charge in [0.1, 0.15) is 12.1 Å². The first-order chi connectivity index (χ1) is 14.7. The lowest BCUT2D eigenvalue weighted by atomic mass is 9.83. The number of anilines is 2. The summed E-state index contributed by atoms with van der Waals surface area (Å²) in [4.78, 5) is 30.5. The van der Waals surface area contributed by atoms with Crippen molar-refractivity contribution in [3.63, 3.8) is 0 Å². The van der Waals surface area contributed by atoms with Crippen LogP contribution in [-0.2, 0) is 6.54 Å². The van der Waals surface area contributed by atoms with Crippen molar-refractivity contribution in [2.75, 3.05) is 42.6 Å². The summed E-state index contributed by atoms with van der Waals surface area (Å²) in [5.74, 6) is 1.64. The van der Waals surface area contributed by atoms with Crippen molar-refractivity contribution in [2.24, 2.45) is 0 Å². The summed E-state index contributed by atoms with van der Waals surface area (Å²) >= 11 is 0. The Morgan fingerprint density at radius 3 is 2.53 bits per heavy atom. The molecule has 1 aliphatic carbocycles. The van der Waals surface area contributed by atoms with E-state index in [1.54, 1.807) is 6.33 Å². The lowest BCUT2D eigenvalue weighted by Crippen LogP contribution is -2.47. The Balaban J connectivity index is 1.30. The molecule has 8 heteroatoms. The van der Waals surface area contributed by atoms with Gasteiger partial charge < -0.3 is 14.9 Å². The van der Waals surface area contributed by atoms with Crippen molar-refractivity contribution in [2.45, 2.75) is 31.7 Å². The van der Waals surface area contributed by atoms with Crippen molar-refractivity contribution in [3.8, 4) is 0 Å². The van der Waals surface area contributed by atoms with Crippen LogP contribution in [0.15, 0.2) is 41.7 Å². The molecule has 2 aromatic heterocycles. The molecule has 1 N–H and O–H groups in total. The number of hydrogen-bond donors (Lipinski definition) is 1. The molecule has 8 nitrogen and oxygen atoms in total. The van der Waals surface area contributed by atoms with E-state index in [0.29, 0.717) is 16.8 Å². The summed E-state index contributed by atoms with van der Waals surface area (Å²) < 4.78 is 1.44. The molecular formula is C22H26N6O2. The van der Waals surface area contributed by atoms with Gasteiger partial charge in [-0.25, -0.2) is 15.0 Å². The average molecular weight is 406 g/mol. The quantitative estimate of drug-likeness (QED) is 0.691. The second-order valence-corrected chi connectivity index (χ2v) is 8.07. The molecule has 2 fully saturated rings. The first kappa shape index (κ1) is 19.0. The van der Waals surface area contributed by atoms with Crippen molar-refractivity contribution in [3.05, 3.63) is 53.0 Å². The van der Waals surface area contributed by atoms with E-state index in [1.807, 2.05) is 18.2 Å². The van der Waals surface area contributed by atoms with Crippen LogP contribution in [0.1, 0.15) is 30.9 Å². The lowest BCUT2D eigenvalue weighted by molar-refractivity contribution is 0.274. The van der Waals surface area contributed by atoms with Gasteiger partial charge in [-0.15, -0.1) is 0 Å². The Labute approximate surface area is 174 Å². The maximum Gasteiger partial charge on any atom is 0.261 e. The number of piperazine rings is 1.